The van der Waals surface area contributed by atoms with Gasteiger partial charge in [-0.3, -0.25) is 24.1 Å². The summed E-state index contributed by atoms with van der Waals surface area (Å²) >= 11 is 0. The monoisotopic (exact) mass is 482 g/mol. The van der Waals surface area contributed by atoms with Crippen molar-refractivity contribution >= 4 is 45.8 Å². The maximum atomic E-state index is 12.9. The fourth-order valence-electron chi connectivity index (χ4n) is 5.82. The van der Waals surface area contributed by atoms with E-state index in [9.17, 15) is 19.2 Å². The van der Waals surface area contributed by atoms with Gasteiger partial charge in [0.05, 0.1) is 29.1 Å². The number of fused-ring (bicyclic) bond motifs is 2. The predicted molar refractivity (Wildman–Crippen MR) is 134 cm³/mol. The van der Waals surface area contributed by atoms with Crippen molar-refractivity contribution in [1.82, 2.24) is 0 Å². The molecule has 2 heterocycles. The van der Waals surface area contributed by atoms with Crippen molar-refractivity contribution in [3.63, 3.8) is 0 Å². The van der Waals surface area contributed by atoms with Crippen molar-refractivity contribution in [3.05, 3.63) is 66.7 Å². The van der Waals surface area contributed by atoms with E-state index in [2.05, 4.69) is 0 Å². The number of ether oxygens (including phenoxy) is 1. The first-order valence-electron chi connectivity index (χ1n) is 12.5. The number of esters is 1. The second kappa shape index (κ2) is 8.90. The molecule has 0 bridgehead atoms. The Labute approximate surface area is 208 Å². The van der Waals surface area contributed by atoms with Gasteiger partial charge in [-0.1, -0.05) is 49.2 Å². The number of amides is 3. The Bertz CT molecular complexity index is 1350. The fraction of sp³-hybridized carbons (Fsp3) is 0.310. The van der Waals surface area contributed by atoms with E-state index in [-0.39, 0.29) is 42.5 Å². The number of rotatable bonds is 4. The summed E-state index contributed by atoms with van der Waals surface area (Å²) in [5.74, 6) is -1.55. The Morgan fingerprint density at radius 1 is 0.806 bits per heavy atom. The molecule has 2 saturated heterocycles. The second-order valence-corrected chi connectivity index (χ2v) is 9.83. The highest BCUT2D eigenvalue weighted by Crippen LogP contribution is 2.40. The van der Waals surface area contributed by atoms with Crippen molar-refractivity contribution in [2.45, 2.75) is 32.1 Å². The maximum absolute atomic E-state index is 12.9. The van der Waals surface area contributed by atoms with Gasteiger partial charge in [-0.15, -0.1) is 0 Å². The van der Waals surface area contributed by atoms with Crippen LogP contribution in [0.4, 0.5) is 11.4 Å². The van der Waals surface area contributed by atoms with E-state index in [4.69, 9.17) is 4.74 Å². The van der Waals surface area contributed by atoms with E-state index >= 15 is 0 Å². The van der Waals surface area contributed by atoms with Crippen LogP contribution in [0.2, 0.25) is 0 Å². The molecule has 0 spiro atoms. The summed E-state index contributed by atoms with van der Waals surface area (Å²) in [6.07, 6.45) is 3.56. The lowest BCUT2D eigenvalue weighted by Gasteiger charge is -2.19. The quantitative estimate of drug-likeness (QED) is 0.311. The first-order chi connectivity index (χ1) is 17.5. The molecule has 3 fully saturated rings. The highest BCUT2D eigenvalue weighted by Gasteiger charge is 2.48. The van der Waals surface area contributed by atoms with E-state index in [1.807, 2.05) is 42.5 Å². The van der Waals surface area contributed by atoms with Gasteiger partial charge in [0.1, 0.15) is 5.75 Å². The van der Waals surface area contributed by atoms with Crippen LogP contribution < -0.4 is 14.5 Å². The predicted octanol–water partition coefficient (Wildman–Crippen LogP) is 4.48. The molecule has 3 aromatic carbocycles. The Balaban J connectivity index is 1.14. The summed E-state index contributed by atoms with van der Waals surface area (Å²) < 4.78 is 5.58. The zero-order chi connectivity index (χ0) is 24.8. The lowest BCUT2D eigenvalue weighted by Crippen LogP contribution is -2.30. The van der Waals surface area contributed by atoms with Gasteiger partial charge >= 0.3 is 5.97 Å². The van der Waals surface area contributed by atoms with Crippen LogP contribution in [0, 0.1) is 17.8 Å². The van der Waals surface area contributed by atoms with E-state index < -0.39 is 11.9 Å². The summed E-state index contributed by atoms with van der Waals surface area (Å²) in [5, 5.41) is 1.99. The molecule has 1 saturated carbocycles. The van der Waals surface area contributed by atoms with Gasteiger partial charge in [-0.25, -0.2) is 0 Å². The van der Waals surface area contributed by atoms with Crippen molar-refractivity contribution in [1.29, 1.82) is 0 Å². The van der Waals surface area contributed by atoms with Crippen molar-refractivity contribution < 1.29 is 23.9 Å². The Morgan fingerprint density at radius 3 is 2.19 bits per heavy atom. The van der Waals surface area contributed by atoms with Gasteiger partial charge < -0.3 is 9.64 Å². The summed E-state index contributed by atoms with van der Waals surface area (Å²) in [5.41, 5.74) is 1.29. The number of nitrogens with zero attached hydrogens (tertiary/aromatic N) is 2. The first kappa shape index (κ1) is 22.5. The molecular formula is C29H26N2O5. The molecule has 0 aromatic heterocycles. The van der Waals surface area contributed by atoms with Crippen molar-refractivity contribution in [3.8, 4) is 5.75 Å². The van der Waals surface area contributed by atoms with Crippen LogP contribution in [0.25, 0.3) is 10.8 Å². The highest BCUT2D eigenvalue weighted by molar-refractivity contribution is 6.22. The zero-order valence-corrected chi connectivity index (χ0v) is 19.8. The summed E-state index contributed by atoms with van der Waals surface area (Å²) in [6, 6.07) is 20.1. The normalized spacial score (nSPS) is 23.9. The van der Waals surface area contributed by atoms with E-state index in [0.29, 0.717) is 11.4 Å². The minimum absolute atomic E-state index is 0.0830. The number of benzene rings is 3. The van der Waals surface area contributed by atoms with Crippen molar-refractivity contribution in [2.24, 2.45) is 17.8 Å². The van der Waals surface area contributed by atoms with Crippen LogP contribution in [0.1, 0.15) is 32.1 Å². The molecule has 0 unspecified atom stereocenters. The molecule has 7 nitrogen and oxygen atoms in total. The number of anilines is 2. The molecular weight excluding hydrogens is 456 g/mol. The van der Waals surface area contributed by atoms with Gasteiger partial charge in [0.2, 0.25) is 17.7 Å². The van der Waals surface area contributed by atoms with Crippen LogP contribution in [-0.2, 0) is 19.2 Å². The zero-order valence-electron chi connectivity index (χ0n) is 19.8. The number of carbonyl (C=O) groups is 4. The van der Waals surface area contributed by atoms with Gasteiger partial charge in [-0.2, -0.15) is 0 Å². The van der Waals surface area contributed by atoms with Gasteiger partial charge in [0, 0.05) is 18.4 Å². The number of hydrogen-bond acceptors (Lipinski definition) is 5. The summed E-state index contributed by atoms with van der Waals surface area (Å²) in [6.45, 7) is 0.253. The standard InChI is InChI=1S/C29H26N2O5/c32-26-16-19(17-30(26)25-11-5-7-18-6-1-2-8-22(18)25)29(35)36-21-14-12-20(13-15-21)31-27(33)23-9-3-4-10-24(23)28(31)34/h1-2,5-8,11-15,19,23-24H,3-4,9-10,16-17H2/t19-,23-,24+/m0/s1. The van der Waals surface area contributed by atoms with Crippen LogP contribution in [0.15, 0.2) is 66.7 Å². The maximum Gasteiger partial charge on any atom is 0.316 e. The van der Waals surface area contributed by atoms with Crippen LogP contribution >= 0.6 is 0 Å². The average molecular weight is 483 g/mol. The van der Waals surface area contributed by atoms with Gasteiger partial charge in [0.15, 0.2) is 0 Å². The molecule has 6 rings (SSSR count). The number of imide groups is 1. The van der Waals surface area contributed by atoms with E-state index in [1.165, 1.54) is 4.90 Å². The highest BCUT2D eigenvalue weighted by atomic mass is 16.5. The largest absolute Gasteiger partial charge is 0.426 e. The van der Waals surface area contributed by atoms with Gasteiger partial charge in [-0.05, 0) is 48.6 Å². The lowest BCUT2D eigenvalue weighted by atomic mass is 9.81. The minimum Gasteiger partial charge on any atom is -0.426 e. The second-order valence-electron chi connectivity index (χ2n) is 9.83. The molecule has 1 aliphatic carbocycles. The molecule has 7 heteroatoms. The Hall–Kier alpha value is -4.00. The van der Waals surface area contributed by atoms with E-state index in [1.54, 1.807) is 29.2 Å². The molecule has 3 atom stereocenters. The molecule has 3 amide bonds. The molecule has 3 aromatic rings. The molecule has 2 aliphatic heterocycles. The van der Waals surface area contributed by atoms with Crippen molar-refractivity contribution in [2.75, 3.05) is 16.3 Å². The molecule has 36 heavy (non-hydrogen) atoms. The minimum atomic E-state index is -0.582. The third kappa shape index (κ3) is 3.75. The van der Waals surface area contributed by atoms with Crippen LogP contribution in [-0.4, -0.2) is 30.2 Å². The van der Waals surface area contributed by atoms with E-state index in [0.717, 1.165) is 42.1 Å². The Kier molecular flexibility index (Phi) is 5.55. The van der Waals surface area contributed by atoms with Gasteiger partial charge in [0.25, 0.3) is 0 Å². The first-order valence-corrected chi connectivity index (χ1v) is 12.5. The Morgan fingerprint density at radius 2 is 1.47 bits per heavy atom. The molecule has 0 radical (unpaired) electrons. The lowest BCUT2D eigenvalue weighted by molar-refractivity contribution is -0.139. The topological polar surface area (TPSA) is 84.0 Å². The summed E-state index contributed by atoms with van der Waals surface area (Å²) in [4.78, 5) is 54.3. The van der Waals surface area contributed by atoms with Crippen LogP contribution in [0.5, 0.6) is 5.75 Å². The summed E-state index contributed by atoms with van der Waals surface area (Å²) in [7, 11) is 0. The number of carbonyl (C=O) groups excluding carboxylic acids is 4. The molecule has 182 valence electrons. The SMILES string of the molecule is O=C(Oc1ccc(N2C(=O)[C@H]3CCCC[C@H]3C2=O)cc1)[C@H]1CC(=O)N(c2cccc3ccccc23)C1. The third-order valence-electron chi connectivity index (χ3n) is 7.67. The number of hydrogen-bond donors (Lipinski definition) is 0. The van der Waals surface area contributed by atoms with Crippen LogP contribution in [0.3, 0.4) is 0 Å². The smallest absolute Gasteiger partial charge is 0.316 e. The molecule has 0 N–H and O–H groups in total. The fourth-order valence-corrected chi connectivity index (χ4v) is 5.82. The molecule has 3 aliphatic rings. The third-order valence-corrected chi connectivity index (χ3v) is 7.67. The average Bonchev–Trinajstić information content (AvgIpc) is 3.41.